The third kappa shape index (κ3) is 6.22. The smallest absolute Gasteiger partial charge is 0.220 e. The molecule has 0 unspecified atom stereocenters. The molecule has 0 radical (unpaired) electrons. The molecule has 0 heterocycles. The van der Waals surface area contributed by atoms with Gasteiger partial charge in [-0.05, 0) is 42.4 Å². The molecule has 5 nitrogen and oxygen atoms in total. The molecule has 0 spiro atoms. The number of aliphatic imine (C=N–C) groups is 1. The molecule has 0 aromatic heterocycles. The first-order valence-electron chi connectivity index (χ1n) is 8.98. The molecule has 0 aliphatic heterocycles. The van der Waals surface area contributed by atoms with Crippen LogP contribution in [-0.4, -0.2) is 25.0 Å². The van der Waals surface area contributed by atoms with E-state index in [0.717, 1.165) is 5.69 Å². The van der Waals surface area contributed by atoms with Crippen molar-refractivity contribution in [1.82, 2.24) is 5.32 Å². The molecule has 5 heteroatoms. The van der Waals surface area contributed by atoms with Gasteiger partial charge in [0.25, 0.3) is 0 Å². The lowest BCUT2D eigenvalue weighted by Crippen LogP contribution is -2.29. The van der Waals surface area contributed by atoms with Gasteiger partial charge in [-0.15, -0.1) is 0 Å². The van der Waals surface area contributed by atoms with Gasteiger partial charge >= 0.3 is 0 Å². The van der Waals surface area contributed by atoms with E-state index in [2.05, 4.69) is 41.6 Å². The Morgan fingerprint density at radius 2 is 2.08 bits per heavy atom. The summed E-state index contributed by atoms with van der Waals surface area (Å²) in [6.07, 6.45) is 5.57. The average molecular weight is 330 g/mol. The van der Waals surface area contributed by atoms with Crippen LogP contribution in [0.15, 0.2) is 29.3 Å². The summed E-state index contributed by atoms with van der Waals surface area (Å²) in [6.45, 7) is 5.33. The number of benzene rings is 1. The van der Waals surface area contributed by atoms with E-state index in [0.29, 0.717) is 37.3 Å². The minimum atomic E-state index is 0.133. The highest BCUT2D eigenvalue weighted by Gasteiger charge is 2.17. The average Bonchev–Trinajstić information content (AvgIpc) is 3.04. The number of carbonyl (C=O) groups excluding carboxylic acids is 1. The monoisotopic (exact) mass is 330 g/mol. The van der Waals surface area contributed by atoms with Crippen molar-refractivity contribution in [3.63, 3.8) is 0 Å². The number of anilines is 1. The van der Waals surface area contributed by atoms with Gasteiger partial charge < -0.3 is 16.4 Å². The summed E-state index contributed by atoms with van der Waals surface area (Å²) in [5.41, 5.74) is 8.10. The van der Waals surface area contributed by atoms with Crippen LogP contribution in [0.5, 0.6) is 0 Å². The van der Waals surface area contributed by atoms with Crippen molar-refractivity contribution in [2.24, 2.45) is 16.6 Å². The number of hydrogen-bond acceptors (Lipinski definition) is 2. The Kier molecular flexibility index (Phi) is 7.09. The predicted molar refractivity (Wildman–Crippen MR) is 100 cm³/mol. The maximum absolute atomic E-state index is 11.8. The molecular formula is C19H30N4O. The highest BCUT2D eigenvalue weighted by molar-refractivity contribution is 5.92. The number of carbonyl (C=O) groups is 1. The molecule has 2 rings (SSSR count). The highest BCUT2D eigenvalue weighted by atomic mass is 16.1. The molecule has 24 heavy (non-hydrogen) atoms. The molecule has 0 atom stereocenters. The lowest BCUT2D eigenvalue weighted by Gasteiger charge is -2.10. The van der Waals surface area contributed by atoms with Crippen LogP contribution in [0.4, 0.5) is 5.69 Å². The standard InChI is InChI=1S/C19H30N4O/c1-14(2)16-8-5-9-17(13-16)23-19(20)22-11-10-21-18(24)12-15-6-3-4-7-15/h5,8-9,13-15H,3-4,6-7,10-12H2,1-2H3,(H,21,24)(H3,20,22,23). The van der Waals surface area contributed by atoms with Gasteiger partial charge in [-0.1, -0.05) is 38.8 Å². The van der Waals surface area contributed by atoms with E-state index in [4.69, 9.17) is 5.73 Å². The minimum absolute atomic E-state index is 0.133. The highest BCUT2D eigenvalue weighted by Crippen LogP contribution is 2.27. The molecular weight excluding hydrogens is 300 g/mol. The summed E-state index contributed by atoms with van der Waals surface area (Å²) >= 11 is 0. The normalized spacial score (nSPS) is 15.7. The first-order valence-corrected chi connectivity index (χ1v) is 8.98. The Bertz CT molecular complexity index is 562. The van der Waals surface area contributed by atoms with E-state index < -0.39 is 0 Å². The van der Waals surface area contributed by atoms with E-state index in [9.17, 15) is 4.79 Å². The number of nitrogens with zero attached hydrogens (tertiary/aromatic N) is 1. The largest absolute Gasteiger partial charge is 0.370 e. The summed E-state index contributed by atoms with van der Waals surface area (Å²) in [4.78, 5) is 16.1. The van der Waals surface area contributed by atoms with Crippen molar-refractivity contribution in [2.45, 2.75) is 51.9 Å². The third-order valence-electron chi connectivity index (χ3n) is 4.49. The van der Waals surface area contributed by atoms with E-state index in [1.807, 2.05) is 12.1 Å². The second-order valence-corrected chi connectivity index (χ2v) is 6.88. The van der Waals surface area contributed by atoms with Gasteiger partial charge in [-0.25, -0.2) is 0 Å². The molecule has 132 valence electrons. The maximum atomic E-state index is 11.8. The van der Waals surface area contributed by atoms with Crippen LogP contribution in [0, 0.1) is 5.92 Å². The van der Waals surface area contributed by atoms with Crippen molar-refractivity contribution >= 4 is 17.6 Å². The summed E-state index contributed by atoms with van der Waals surface area (Å²) < 4.78 is 0. The summed E-state index contributed by atoms with van der Waals surface area (Å²) in [5, 5.41) is 6.02. The van der Waals surface area contributed by atoms with Crippen LogP contribution in [0.2, 0.25) is 0 Å². The molecule has 1 aromatic rings. The van der Waals surface area contributed by atoms with Crippen molar-refractivity contribution in [3.8, 4) is 0 Å². The van der Waals surface area contributed by atoms with Crippen LogP contribution in [0.1, 0.15) is 57.4 Å². The quantitative estimate of drug-likeness (QED) is 0.408. The molecule has 1 saturated carbocycles. The van der Waals surface area contributed by atoms with Gasteiger partial charge in [-0.3, -0.25) is 9.79 Å². The van der Waals surface area contributed by atoms with Crippen molar-refractivity contribution in [3.05, 3.63) is 29.8 Å². The number of nitrogens with two attached hydrogens (primary N) is 1. The Hall–Kier alpha value is -2.04. The van der Waals surface area contributed by atoms with Crippen LogP contribution < -0.4 is 16.4 Å². The second kappa shape index (κ2) is 9.30. The van der Waals surface area contributed by atoms with Gasteiger partial charge in [0.1, 0.15) is 0 Å². The molecule has 4 N–H and O–H groups in total. The van der Waals surface area contributed by atoms with E-state index in [1.165, 1.54) is 31.2 Å². The van der Waals surface area contributed by atoms with Gasteiger partial charge in [0.05, 0.1) is 6.54 Å². The van der Waals surface area contributed by atoms with Crippen molar-refractivity contribution in [2.75, 3.05) is 18.4 Å². The summed E-state index contributed by atoms with van der Waals surface area (Å²) in [5.74, 6) is 1.56. The molecule has 1 aliphatic rings. The summed E-state index contributed by atoms with van der Waals surface area (Å²) in [7, 11) is 0. The van der Waals surface area contributed by atoms with E-state index >= 15 is 0 Å². The number of guanidine groups is 1. The van der Waals surface area contributed by atoms with Gasteiger partial charge in [0.15, 0.2) is 5.96 Å². The fraction of sp³-hybridized carbons (Fsp3) is 0.579. The lowest BCUT2D eigenvalue weighted by molar-refractivity contribution is -0.121. The topological polar surface area (TPSA) is 79.5 Å². The van der Waals surface area contributed by atoms with Crippen LogP contribution in [0.3, 0.4) is 0 Å². The SMILES string of the molecule is CC(C)c1cccc(NC(N)=NCCNC(=O)CC2CCCC2)c1. The predicted octanol–water partition coefficient (Wildman–Crippen LogP) is 3.23. The minimum Gasteiger partial charge on any atom is -0.370 e. The van der Waals surface area contributed by atoms with Crippen LogP contribution in [-0.2, 0) is 4.79 Å². The fourth-order valence-electron chi connectivity index (χ4n) is 3.08. The number of rotatable bonds is 7. The molecule has 0 bridgehead atoms. The van der Waals surface area contributed by atoms with Crippen molar-refractivity contribution < 1.29 is 4.79 Å². The second-order valence-electron chi connectivity index (χ2n) is 6.88. The van der Waals surface area contributed by atoms with E-state index in [-0.39, 0.29) is 5.91 Å². The van der Waals surface area contributed by atoms with Gasteiger partial charge in [-0.2, -0.15) is 0 Å². The third-order valence-corrected chi connectivity index (χ3v) is 4.49. The zero-order chi connectivity index (χ0) is 17.4. The molecule has 1 aliphatic carbocycles. The Morgan fingerprint density at radius 1 is 1.33 bits per heavy atom. The molecule has 1 aromatic carbocycles. The van der Waals surface area contributed by atoms with Crippen LogP contribution >= 0.6 is 0 Å². The molecule has 0 saturated heterocycles. The summed E-state index contributed by atoms with van der Waals surface area (Å²) in [6, 6.07) is 8.16. The maximum Gasteiger partial charge on any atom is 0.220 e. The van der Waals surface area contributed by atoms with E-state index in [1.54, 1.807) is 0 Å². The zero-order valence-electron chi connectivity index (χ0n) is 14.8. The Balaban J connectivity index is 1.69. The van der Waals surface area contributed by atoms with Gasteiger partial charge in [0.2, 0.25) is 5.91 Å². The van der Waals surface area contributed by atoms with Crippen LogP contribution in [0.25, 0.3) is 0 Å². The molecule has 1 amide bonds. The zero-order valence-corrected chi connectivity index (χ0v) is 14.8. The first-order chi connectivity index (χ1) is 11.5. The van der Waals surface area contributed by atoms with Gasteiger partial charge in [0, 0.05) is 18.7 Å². The Labute approximate surface area is 145 Å². The lowest BCUT2D eigenvalue weighted by atomic mass is 10.0. The number of nitrogens with one attached hydrogen (secondary N) is 2. The fourth-order valence-corrected chi connectivity index (χ4v) is 3.08. The molecule has 1 fully saturated rings. The van der Waals surface area contributed by atoms with Crippen molar-refractivity contribution in [1.29, 1.82) is 0 Å². The number of hydrogen-bond donors (Lipinski definition) is 3. The Morgan fingerprint density at radius 3 is 2.79 bits per heavy atom. The number of amides is 1. The first kappa shape index (κ1) is 18.3.